The Morgan fingerprint density at radius 3 is 2.39 bits per heavy atom. The number of alkyl halides is 3. The molecule has 0 aliphatic heterocycles. The van der Waals surface area contributed by atoms with E-state index in [2.05, 4.69) is 9.59 Å². The third kappa shape index (κ3) is 4.53. The van der Waals surface area contributed by atoms with E-state index in [1.807, 2.05) is 20.8 Å². The van der Waals surface area contributed by atoms with Crippen LogP contribution in [0.25, 0.3) is 0 Å². The van der Waals surface area contributed by atoms with Crippen LogP contribution >= 0.6 is 11.5 Å². The molecular formula is C11H17F3N2OS. The zero-order chi connectivity index (χ0) is 14.0. The van der Waals surface area contributed by atoms with Crippen molar-refractivity contribution in [1.29, 1.82) is 0 Å². The smallest absolute Gasteiger partial charge is 0.387 e. The van der Waals surface area contributed by atoms with Gasteiger partial charge in [0, 0.05) is 11.8 Å². The van der Waals surface area contributed by atoms with Gasteiger partial charge in [-0.2, -0.15) is 13.2 Å². The number of halogens is 3. The second-order valence-electron chi connectivity index (χ2n) is 5.26. The van der Waals surface area contributed by atoms with Gasteiger partial charge in [0.25, 0.3) is 0 Å². The number of aliphatic hydroxyl groups excluding tert-OH is 1. The molecule has 3 nitrogen and oxygen atoms in total. The highest BCUT2D eigenvalue weighted by molar-refractivity contribution is 7.05. The van der Waals surface area contributed by atoms with Gasteiger partial charge in [-0.05, 0) is 24.4 Å². The second-order valence-corrected chi connectivity index (χ2v) is 6.04. The van der Waals surface area contributed by atoms with Crippen molar-refractivity contribution in [3.05, 3.63) is 10.6 Å². The Bertz CT molecular complexity index is 384. The molecule has 1 rings (SSSR count). The van der Waals surface area contributed by atoms with Gasteiger partial charge in [-0.3, -0.25) is 0 Å². The van der Waals surface area contributed by atoms with Crippen LogP contribution in [0.1, 0.15) is 56.7 Å². The van der Waals surface area contributed by atoms with E-state index >= 15 is 0 Å². The molecule has 0 aliphatic carbocycles. The van der Waals surface area contributed by atoms with Gasteiger partial charge in [0.1, 0.15) is 0 Å². The monoisotopic (exact) mass is 282 g/mol. The summed E-state index contributed by atoms with van der Waals surface area (Å²) in [5.74, 6) is 0. The minimum absolute atomic E-state index is 0.0759. The fraction of sp³-hybridized carbons (Fsp3) is 0.818. The Morgan fingerprint density at radius 1 is 1.28 bits per heavy atom. The average molecular weight is 282 g/mol. The molecule has 0 amide bonds. The van der Waals surface area contributed by atoms with Gasteiger partial charge in [0.15, 0.2) is 0 Å². The van der Waals surface area contributed by atoms with Gasteiger partial charge >= 0.3 is 6.18 Å². The highest BCUT2D eigenvalue weighted by Gasteiger charge is 2.29. The molecule has 1 aromatic rings. The molecular weight excluding hydrogens is 265 g/mol. The summed E-state index contributed by atoms with van der Waals surface area (Å²) in [6.45, 7) is 5.78. The highest BCUT2D eigenvalue weighted by atomic mass is 32.1. The summed E-state index contributed by atoms with van der Waals surface area (Å²) >= 11 is 1.05. The SMILES string of the molecule is CC(C)(C)c1nnsc1C(O)CCCC(F)(F)F. The first-order valence-electron chi connectivity index (χ1n) is 5.69. The van der Waals surface area contributed by atoms with Crippen molar-refractivity contribution in [2.24, 2.45) is 0 Å². The van der Waals surface area contributed by atoms with E-state index in [4.69, 9.17) is 0 Å². The van der Waals surface area contributed by atoms with Gasteiger partial charge in [-0.25, -0.2) is 0 Å². The lowest BCUT2D eigenvalue weighted by molar-refractivity contribution is -0.136. The van der Waals surface area contributed by atoms with E-state index < -0.39 is 18.7 Å². The van der Waals surface area contributed by atoms with Crippen LogP contribution in [0.3, 0.4) is 0 Å². The Hall–Kier alpha value is -0.690. The molecule has 1 heterocycles. The molecule has 1 aromatic heterocycles. The van der Waals surface area contributed by atoms with Crippen molar-refractivity contribution in [3.8, 4) is 0 Å². The number of rotatable bonds is 4. The molecule has 0 spiro atoms. The largest absolute Gasteiger partial charge is 0.389 e. The zero-order valence-corrected chi connectivity index (χ0v) is 11.4. The summed E-state index contributed by atoms with van der Waals surface area (Å²) in [6.07, 6.45) is -5.97. The minimum Gasteiger partial charge on any atom is -0.387 e. The van der Waals surface area contributed by atoms with E-state index in [1.165, 1.54) is 0 Å². The molecule has 0 radical (unpaired) electrons. The standard InChI is InChI=1S/C11H17F3N2OS/c1-10(2,3)9-8(18-16-15-9)7(17)5-4-6-11(12,13)14/h7,17H,4-6H2,1-3H3. The van der Waals surface area contributed by atoms with Gasteiger partial charge in [0.2, 0.25) is 0 Å². The van der Waals surface area contributed by atoms with Crippen molar-refractivity contribution >= 4 is 11.5 Å². The summed E-state index contributed by atoms with van der Waals surface area (Å²) in [6, 6.07) is 0. The highest BCUT2D eigenvalue weighted by Crippen LogP contribution is 2.33. The quantitative estimate of drug-likeness (QED) is 0.917. The maximum Gasteiger partial charge on any atom is 0.389 e. The molecule has 0 aliphatic rings. The van der Waals surface area contributed by atoms with E-state index in [0.29, 0.717) is 10.6 Å². The van der Waals surface area contributed by atoms with Crippen LogP contribution in [-0.4, -0.2) is 20.9 Å². The first-order chi connectivity index (χ1) is 8.11. The topological polar surface area (TPSA) is 46.0 Å². The molecule has 0 aromatic carbocycles. The minimum atomic E-state index is -4.17. The Balaban J connectivity index is 2.63. The Labute approximate surface area is 108 Å². The normalized spacial score (nSPS) is 14.8. The molecule has 1 unspecified atom stereocenters. The van der Waals surface area contributed by atoms with E-state index in [9.17, 15) is 18.3 Å². The predicted molar refractivity (Wildman–Crippen MR) is 63.5 cm³/mol. The van der Waals surface area contributed by atoms with Crippen molar-refractivity contribution in [2.75, 3.05) is 0 Å². The lowest BCUT2D eigenvalue weighted by Gasteiger charge is -2.19. The van der Waals surface area contributed by atoms with Gasteiger partial charge < -0.3 is 5.11 Å². The molecule has 0 saturated heterocycles. The van der Waals surface area contributed by atoms with Gasteiger partial charge in [-0.15, -0.1) is 5.10 Å². The third-order valence-corrected chi connectivity index (χ3v) is 3.29. The van der Waals surface area contributed by atoms with Gasteiger partial charge in [0.05, 0.1) is 16.7 Å². The van der Waals surface area contributed by atoms with Crippen molar-refractivity contribution < 1.29 is 18.3 Å². The summed E-state index contributed by atoms with van der Waals surface area (Å²) in [7, 11) is 0. The molecule has 1 atom stereocenters. The second kappa shape index (κ2) is 5.52. The lowest BCUT2D eigenvalue weighted by atomic mass is 9.90. The van der Waals surface area contributed by atoms with Crippen molar-refractivity contribution in [3.63, 3.8) is 0 Å². The molecule has 0 bridgehead atoms. The summed E-state index contributed by atoms with van der Waals surface area (Å²) in [4.78, 5) is 0.574. The lowest BCUT2D eigenvalue weighted by Crippen LogP contribution is -2.16. The summed E-state index contributed by atoms with van der Waals surface area (Å²) in [5, 5.41) is 13.9. The number of hydrogen-bond donors (Lipinski definition) is 1. The fourth-order valence-electron chi connectivity index (χ4n) is 1.56. The molecule has 104 valence electrons. The molecule has 7 heteroatoms. The van der Waals surface area contributed by atoms with Crippen molar-refractivity contribution in [1.82, 2.24) is 9.59 Å². The van der Waals surface area contributed by atoms with Crippen LogP contribution in [0.5, 0.6) is 0 Å². The van der Waals surface area contributed by atoms with Crippen LogP contribution < -0.4 is 0 Å². The molecule has 18 heavy (non-hydrogen) atoms. The van der Waals surface area contributed by atoms with Crippen molar-refractivity contribution in [2.45, 2.75) is 57.7 Å². The maximum absolute atomic E-state index is 12.0. The predicted octanol–water partition coefficient (Wildman–Crippen LogP) is 3.60. The third-order valence-electron chi connectivity index (χ3n) is 2.46. The molecule has 0 fully saturated rings. The number of aromatic nitrogens is 2. The molecule has 1 N–H and O–H groups in total. The fourth-order valence-corrected chi connectivity index (χ4v) is 2.45. The number of nitrogens with zero attached hydrogens (tertiary/aromatic N) is 2. The average Bonchev–Trinajstić information content (AvgIpc) is 2.62. The Morgan fingerprint density at radius 2 is 1.89 bits per heavy atom. The summed E-state index contributed by atoms with van der Waals surface area (Å²) < 4.78 is 39.8. The first kappa shape index (κ1) is 15.4. The van der Waals surface area contributed by atoms with E-state index in [-0.39, 0.29) is 18.3 Å². The number of hydrogen-bond acceptors (Lipinski definition) is 4. The Kier molecular flexibility index (Phi) is 4.72. The van der Waals surface area contributed by atoms with E-state index in [1.54, 1.807) is 0 Å². The van der Waals surface area contributed by atoms with Crippen LogP contribution in [0.15, 0.2) is 0 Å². The maximum atomic E-state index is 12.0. The number of aliphatic hydroxyl groups is 1. The zero-order valence-electron chi connectivity index (χ0n) is 10.6. The van der Waals surface area contributed by atoms with E-state index in [0.717, 1.165) is 11.5 Å². The first-order valence-corrected chi connectivity index (χ1v) is 6.46. The summed E-state index contributed by atoms with van der Waals surface area (Å²) in [5.41, 5.74) is 0.389. The van der Waals surface area contributed by atoms with Crippen LogP contribution in [0, 0.1) is 0 Å². The van der Waals surface area contributed by atoms with Crippen LogP contribution in [0.4, 0.5) is 13.2 Å². The molecule has 0 saturated carbocycles. The van der Waals surface area contributed by atoms with Gasteiger partial charge in [-0.1, -0.05) is 25.3 Å². The van der Waals surface area contributed by atoms with Crippen LogP contribution in [-0.2, 0) is 5.41 Å². The van der Waals surface area contributed by atoms with Crippen LogP contribution in [0.2, 0.25) is 0 Å².